The number of aliphatic hydroxyl groups excluding tert-OH is 1. The second kappa shape index (κ2) is 9.19. The number of carbonyl (C=O) groups is 1. The molecule has 0 aliphatic rings. The first-order valence-electron chi connectivity index (χ1n) is 7.21. The first-order chi connectivity index (χ1) is 10.0. The Morgan fingerprint density at radius 1 is 1.52 bits per heavy atom. The highest BCUT2D eigenvalue weighted by atomic mass is 16.6. The normalized spacial score (nSPS) is 11.8. The Hall–Kier alpha value is -1.81. The van der Waals surface area contributed by atoms with Gasteiger partial charge in [-0.15, -0.1) is 0 Å². The number of esters is 1. The minimum absolute atomic E-state index is 0.269. The van der Waals surface area contributed by atoms with Crippen molar-refractivity contribution in [2.24, 2.45) is 0 Å². The van der Waals surface area contributed by atoms with Gasteiger partial charge in [0, 0.05) is 12.0 Å². The molecule has 1 aromatic rings. The molecule has 21 heavy (non-hydrogen) atoms. The number of rotatable bonds is 9. The molecular formula is C17H23O4. The summed E-state index contributed by atoms with van der Waals surface area (Å²) in [4.78, 5) is 11.3. The minimum Gasteiger partial charge on any atom is -0.493 e. The van der Waals surface area contributed by atoms with Crippen molar-refractivity contribution in [2.45, 2.75) is 45.8 Å². The number of aliphatic hydroxyl groups is 1. The number of ether oxygens (including phenoxy) is 2. The van der Waals surface area contributed by atoms with Crippen LogP contribution in [0.4, 0.5) is 0 Å². The molecule has 1 radical (unpaired) electrons. The standard InChI is InChI=1S/C17H23O4/c1-4-5-12-20-15-9-7-6-8-14(15)10-11-16(18)21-17(19)13(2)3/h7-9,16,18H,2,4-5,10-12H2,1,3H3. The van der Waals surface area contributed by atoms with Gasteiger partial charge in [0.25, 0.3) is 0 Å². The van der Waals surface area contributed by atoms with Crippen molar-refractivity contribution in [1.29, 1.82) is 0 Å². The smallest absolute Gasteiger partial charge is 0.335 e. The second-order valence-electron chi connectivity index (χ2n) is 4.91. The number of benzene rings is 1. The summed E-state index contributed by atoms with van der Waals surface area (Å²) in [5.74, 6) is 0.210. The average Bonchev–Trinajstić information content (AvgIpc) is 2.46. The summed E-state index contributed by atoms with van der Waals surface area (Å²) in [5, 5.41) is 9.70. The summed E-state index contributed by atoms with van der Waals surface area (Å²) in [6, 6.07) is 8.47. The van der Waals surface area contributed by atoms with Crippen molar-refractivity contribution in [2.75, 3.05) is 6.61 Å². The van der Waals surface area contributed by atoms with Crippen molar-refractivity contribution >= 4 is 5.97 Å². The van der Waals surface area contributed by atoms with E-state index in [4.69, 9.17) is 9.47 Å². The molecule has 0 aromatic heterocycles. The van der Waals surface area contributed by atoms with Crippen LogP contribution in [0.3, 0.4) is 0 Å². The van der Waals surface area contributed by atoms with Crippen molar-refractivity contribution in [3.63, 3.8) is 0 Å². The van der Waals surface area contributed by atoms with Gasteiger partial charge in [-0.25, -0.2) is 4.79 Å². The fourth-order valence-electron chi connectivity index (χ4n) is 1.68. The number of unbranched alkanes of at least 4 members (excludes halogenated alkanes) is 1. The largest absolute Gasteiger partial charge is 0.493 e. The van der Waals surface area contributed by atoms with Crippen molar-refractivity contribution in [3.05, 3.63) is 42.0 Å². The molecule has 115 valence electrons. The summed E-state index contributed by atoms with van der Waals surface area (Å²) in [6.07, 6.45) is 1.78. The summed E-state index contributed by atoms with van der Waals surface area (Å²) < 4.78 is 10.5. The third-order valence-electron chi connectivity index (χ3n) is 2.91. The van der Waals surface area contributed by atoms with Crippen LogP contribution in [-0.4, -0.2) is 24.0 Å². The summed E-state index contributed by atoms with van der Waals surface area (Å²) in [5.41, 5.74) is 1.21. The van der Waals surface area contributed by atoms with Crippen LogP contribution in [0, 0.1) is 6.07 Å². The van der Waals surface area contributed by atoms with E-state index in [2.05, 4.69) is 19.6 Å². The maximum absolute atomic E-state index is 11.3. The highest BCUT2D eigenvalue weighted by Gasteiger charge is 2.13. The molecule has 4 heteroatoms. The molecular weight excluding hydrogens is 268 g/mol. The van der Waals surface area contributed by atoms with E-state index in [1.807, 2.05) is 12.1 Å². The van der Waals surface area contributed by atoms with E-state index < -0.39 is 12.3 Å². The van der Waals surface area contributed by atoms with Crippen LogP contribution >= 0.6 is 0 Å². The Morgan fingerprint density at radius 2 is 2.29 bits per heavy atom. The lowest BCUT2D eigenvalue weighted by Gasteiger charge is -2.14. The molecule has 0 aliphatic heterocycles. The topological polar surface area (TPSA) is 55.8 Å². The Kier molecular flexibility index (Phi) is 7.54. The van der Waals surface area contributed by atoms with Gasteiger partial charge in [0.2, 0.25) is 6.29 Å². The number of hydrogen-bond acceptors (Lipinski definition) is 4. The predicted octanol–water partition coefficient (Wildman–Crippen LogP) is 3.04. The molecule has 0 spiro atoms. The summed E-state index contributed by atoms with van der Waals surface area (Å²) in [6.45, 7) is 7.79. The molecule has 0 saturated heterocycles. The van der Waals surface area contributed by atoms with Gasteiger partial charge in [-0.05, 0) is 43.5 Å². The molecule has 1 aromatic carbocycles. The first kappa shape index (κ1) is 17.2. The van der Waals surface area contributed by atoms with Gasteiger partial charge >= 0.3 is 5.97 Å². The van der Waals surface area contributed by atoms with Gasteiger partial charge in [-0.3, -0.25) is 0 Å². The fraction of sp³-hybridized carbons (Fsp3) is 0.471. The Morgan fingerprint density at radius 3 is 2.95 bits per heavy atom. The van der Waals surface area contributed by atoms with E-state index in [9.17, 15) is 9.90 Å². The molecule has 4 nitrogen and oxygen atoms in total. The van der Waals surface area contributed by atoms with Gasteiger partial charge in [0.15, 0.2) is 0 Å². The first-order valence-corrected chi connectivity index (χ1v) is 7.21. The second-order valence-corrected chi connectivity index (χ2v) is 4.91. The molecule has 0 bridgehead atoms. The van der Waals surface area contributed by atoms with Crippen molar-refractivity contribution in [3.8, 4) is 5.75 Å². The van der Waals surface area contributed by atoms with Crippen LogP contribution in [0.2, 0.25) is 0 Å². The molecule has 0 aliphatic carbocycles. The number of carbonyl (C=O) groups excluding carboxylic acids is 1. The van der Waals surface area contributed by atoms with Crippen LogP contribution in [0.5, 0.6) is 5.75 Å². The van der Waals surface area contributed by atoms with E-state index in [-0.39, 0.29) is 5.57 Å². The highest BCUT2D eigenvalue weighted by Crippen LogP contribution is 2.20. The zero-order valence-corrected chi connectivity index (χ0v) is 12.7. The molecule has 0 saturated carbocycles. The average molecular weight is 291 g/mol. The fourth-order valence-corrected chi connectivity index (χ4v) is 1.68. The number of hydrogen-bond donors (Lipinski definition) is 1. The zero-order valence-electron chi connectivity index (χ0n) is 12.7. The molecule has 0 heterocycles. The van der Waals surface area contributed by atoms with Crippen LogP contribution in [-0.2, 0) is 16.0 Å². The quantitative estimate of drug-likeness (QED) is 0.329. The molecule has 1 N–H and O–H groups in total. The summed E-state index contributed by atoms with van der Waals surface area (Å²) in [7, 11) is 0. The van der Waals surface area contributed by atoms with E-state index in [0.717, 1.165) is 24.2 Å². The monoisotopic (exact) mass is 291 g/mol. The zero-order chi connectivity index (χ0) is 15.7. The van der Waals surface area contributed by atoms with Gasteiger partial charge in [0.05, 0.1) is 6.61 Å². The molecule has 1 atom stereocenters. The number of aryl methyl sites for hydroxylation is 1. The van der Waals surface area contributed by atoms with Crippen molar-refractivity contribution < 1.29 is 19.4 Å². The predicted molar refractivity (Wildman–Crippen MR) is 80.9 cm³/mol. The molecule has 1 unspecified atom stereocenters. The van der Waals surface area contributed by atoms with Gasteiger partial charge in [-0.2, -0.15) is 0 Å². The van der Waals surface area contributed by atoms with Crippen molar-refractivity contribution in [1.82, 2.24) is 0 Å². The molecule has 0 amide bonds. The van der Waals surface area contributed by atoms with E-state index >= 15 is 0 Å². The van der Waals surface area contributed by atoms with Gasteiger partial charge < -0.3 is 14.6 Å². The SMILES string of the molecule is C=C(C)C(=O)OC(O)CCc1c[c]ccc1OCCCC. The lowest BCUT2D eigenvalue weighted by molar-refractivity contribution is -0.163. The Balaban J connectivity index is 2.50. The lowest BCUT2D eigenvalue weighted by Crippen LogP contribution is -2.18. The highest BCUT2D eigenvalue weighted by molar-refractivity contribution is 5.86. The summed E-state index contributed by atoms with van der Waals surface area (Å²) >= 11 is 0. The molecule has 0 fully saturated rings. The third-order valence-corrected chi connectivity index (χ3v) is 2.91. The Bertz CT molecular complexity index is 468. The van der Waals surface area contributed by atoms with Crippen LogP contribution in [0.1, 0.15) is 38.7 Å². The van der Waals surface area contributed by atoms with E-state index in [0.29, 0.717) is 19.4 Å². The minimum atomic E-state index is -1.14. The Labute approximate surface area is 126 Å². The maximum atomic E-state index is 11.3. The van der Waals surface area contributed by atoms with Crippen LogP contribution < -0.4 is 4.74 Å². The van der Waals surface area contributed by atoms with Crippen LogP contribution in [0.15, 0.2) is 30.4 Å². The van der Waals surface area contributed by atoms with Gasteiger partial charge in [-0.1, -0.05) is 26.0 Å². The van der Waals surface area contributed by atoms with Gasteiger partial charge in [0.1, 0.15) is 5.75 Å². The van der Waals surface area contributed by atoms with E-state index in [1.54, 1.807) is 13.0 Å². The van der Waals surface area contributed by atoms with Crippen LogP contribution in [0.25, 0.3) is 0 Å². The molecule has 1 rings (SSSR count). The lowest BCUT2D eigenvalue weighted by atomic mass is 10.1. The van der Waals surface area contributed by atoms with E-state index in [1.165, 1.54) is 0 Å². The maximum Gasteiger partial charge on any atom is 0.335 e. The third kappa shape index (κ3) is 6.45.